The Kier molecular flexibility index (Phi) is 3.80. The topological polar surface area (TPSA) is 66.5 Å². The second-order valence-electron chi connectivity index (χ2n) is 4.57. The Hall–Kier alpha value is -1.56. The molecule has 104 valence electrons. The van der Waals surface area contributed by atoms with Gasteiger partial charge in [-0.05, 0) is 37.1 Å². The van der Waals surface area contributed by atoms with Crippen LogP contribution in [0, 0.1) is 0 Å². The molecule has 0 aromatic heterocycles. The monoisotopic (exact) mass is 282 g/mol. The van der Waals surface area contributed by atoms with Gasteiger partial charge in [-0.15, -0.1) is 0 Å². The maximum absolute atomic E-state index is 11.9. The fourth-order valence-corrected chi connectivity index (χ4v) is 2.80. The van der Waals surface area contributed by atoms with Gasteiger partial charge in [-0.1, -0.05) is 6.92 Å². The number of benzene rings is 1. The fourth-order valence-electron chi connectivity index (χ4n) is 2.17. The summed E-state index contributed by atoms with van der Waals surface area (Å²) in [5.74, 6) is 0.109. The number of anilines is 2. The number of amides is 1. The van der Waals surface area contributed by atoms with Crippen LogP contribution in [0.2, 0.25) is 0 Å². The summed E-state index contributed by atoms with van der Waals surface area (Å²) in [6.45, 7) is 4.31. The molecule has 1 aliphatic rings. The third-order valence-corrected chi connectivity index (χ3v) is 4.42. The largest absolute Gasteiger partial charge is 0.312 e. The quantitative estimate of drug-likeness (QED) is 0.894. The van der Waals surface area contributed by atoms with Crippen LogP contribution in [0.25, 0.3) is 0 Å². The molecule has 0 spiro atoms. The number of fused-ring (bicyclic) bond motifs is 1. The van der Waals surface area contributed by atoms with E-state index in [-0.39, 0.29) is 11.7 Å². The maximum atomic E-state index is 11.9. The molecule has 19 heavy (non-hydrogen) atoms. The third-order valence-electron chi connectivity index (χ3n) is 3.11. The van der Waals surface area contributed by atoms with Crippen LogP contribution in [0.15, 0.2) is 18.2 Å². The van der Waals surface area contributed by atoms with E-state index in [9.17, 15) is 13.2 Å². The zero-order valence-corrected chi connectivity index (χ0v) is 12.0. The van der Waals surface area contributed by atoms with E-state index in [4.69, 9.17) is 0 Å². The van der Waals surface area contributed by atoms with Gasteiger partial charge < -0.3 is 4.90 Å². The van der Waals surface area contributed by atoms with Crippen molar-refractivity contribution in [2.24, 2.45) is 0 Å². The number of carbonyl (C=O) groups excluding carboxylic acids is 1. The highest BCUT2D eigenvalue weighted by atomic mass is 32.2. The lowest BCUT2D eigenvalue weighted by Crippen LogP contribution is -2.27. The van der Waals surface area contributed by atoms with Crippen molar-refractivity contribution in [1.82, 2.24) is 0 Å². The molecule has 1 aromatic rings. The summed E-state index contributed by atoms with van der Waals surface area (Å²) >= 11 is 0. The zero-order chi connectivity index (χ0) is 14.0. The molecule has 0 bridgehead atoms. The molecule has 0 aliphatic carbocycles. The van der Waals surface area contributed by atoms with Gasteiger partial charge in [-0.3, -0.25) is 9.52 Å². The van der Waals surface area contributed by atoms with Crippen LogP contribution >= 0.6 is 0 Å². The van der Waals surface area contributed by atoms with Crippen LogP contribution in [-0.4, -0.2) is 26.6 Å². The lowest BCUT2D eigenvalue weighted by atomic mass is 10.1. The van der Waals surface area contributed by atoms with Gasteiger partial charge >= 0.3 is 0 Å². The van der Waals surface area contributed by atoms with Crippen molar-refractivity contribution in [1.29, 1.82) is 0 Å². The normalized spacial score (nSPS) is 14.6. The van der Waals surface area contributed by atoms with Gasteiger partial charge in [0.2, 0.25) is 15.9 Å². The number of hydrogen-bond acceptors (Lipinski definition) is 3. The standard InChI is InChI=1S/C13H18N2O3S/c1-3-7-15-12-6-5-11(14-19(17,18)4-2)8-10(12)9-13(15)16/h5-6,8,14H,3-4,7,9H2,1-2H3. The first kappa shape index (κ1) is 13.9. The summed E-state index contributed by atoms with van der Waals surface area (Å²) in [5, 5.41) is 0. The van der Waals surface area contributed by atoms with Crippen LogP contribution in [0.3, 0.4) is 0 Å². The first-order chi connectivity index (χ1) is 8.96. The number of nitrogens with zero attached hydrogens (tertiary/aromatic N) is 1. The van der Waals surface area contributed by atoms with Crippen LogP contribution in [0.5, 0.6) is 0 Å². The Balaban J connectivity index is 2.27. The average Bonchev–Trinajstić information content (AvgIpc) is 2.65. The van der Waals surface area contributed by atoms with Crippen LogP contribution in [-0.2, 0) is 21.2 Å². The third kappa shape index (κ3) is 2.89. The Morgan fingerprint density at radius 3 is 2.68 bits per heavy atom. The first-order valence-corrected chi connectivity index (χ1v) is 8.06. The van der Waals surface area contributed by atoms with Gasteiger partial charge in [0.1, 0.15) is 0 Å². The highest BCUT2D eigenvalue weighted by Gasteiger charge is 2.26. The fraction of sp³-hybridized carbons (Fsp3) is 0.462. The minimum absolute atomic E-state index is 0.0327. The molecule has 0 fully saturated rings. The van der Waals surface area contributed by atoms with E-state index in [1.54, 1.807) is 24.0 Å². The molecule has 1 heterocycles. The van der Waals surface area contributed by atoms with E-state index >= 15 is 0 Å². The van der Waals surface area contributed by atoms with E-state index in [1.807, 2.05) is 13.0 Å². The Morgan fingerprint density at radius 1 is 1.32 bits per heavy atom. The summed E-state index contributed by atoms with van der Waals surface area (Å²) in [6, 6.07) is 5.26. The second kappa shape index (κ2) is 5.21. The van der Waals surface area contributed by atoms with Gasteiger partial charge in [0, 0.05) is 17.9 Å². The molecule has 1 N–H and O–H groups in total. The van der Waals surface area contributed by atoms with Crippen molar-refractivity contribution in [3.8, 4) is 0 Å². The first-order valence-electron chi connectivity index (χ1n) is 6.40. The molecular weight excluding hydrogens is 264 g/mol. The highest BCUT2D eigenvalue weighted by molar-refractivity contribution is 7.92. The second-order valence-corrected chi connectivity index (χ2v) is 6.58. The van der Waals surface area contributed by atoms with Gasteiger partial charge in [-0.2, -0.15) is 0 Å². The van der Waals surface area contributed by atoms with Crippen molar-refractivity contribution in [3.05, 3.63) is 23.8 Å². The van der Waals surface area contributed by atoms with Crippen molar-refractivity contribution in [3.63, 3.8) is 0 Å². The van der Waals surface area contributed by atoms with Crippen molar-refractivity contribution in [2.45, 2.75) is 26.7 Å². The summed E-state index contributed by atoms with van der Waals surface area (Å²) in [6.07, 6.45) is 1.24. The number of hydrogen-bond donors (Lipinski definition) is 1. The lowest BCUT2D eigenvalue weighted by Gasteiger charge is -2.16. The van der Waals surface area contributed by atoms with Crippen molar-refractivity contribution < 1.29 is 13.2 Å². The van der Waals surface area contributed by atoms with Gasteiger partial charge in [0.05, 0.1) is 12.2 Å². The predicted octanol–water partition coefficient (Wildman–Crippen LogP) is 1.75. The van der Waals surface area contributed by atoms with E-state index in [2.05, 4.69) is 4.72 Å². The molecule has 0 saturated heterocycles. The zero-order valence-electron chi connectivity index (χ0n) is 11.1. The molecule has 1 aliphatic heterocycles. The molecule has 0 saturated carbocycles. The van der Waals surface area contributed by atoms with Gasteiger partial charge in [-0.25, -0.2) is 8.42 Å². The number of rotatable bonds is 5. The van der Waals surface area contributed by atoms with Crippen molar-refractivity contribution in [2.75, 3.05) is 21.9 Å². The molecular formula is C13H18N2O3S. The summed E-state index contributed by atoms with van der Waals surface area (Å²) in [5.41, 5.74) is 2.30. The Bertz CT molecular complexity index is 596. The minimum atomic E-state index is -3.28. The van der Waals surface area contributed by atoms with Crippen LogP contribution < -0.4 is 9.62 Å². The summed E-state index contributed by atoms with van der Waals surface area (Å²) in [7, 11) is -3.28. The molecule has 0 radical (unpaired) electrons. The summed E-state index contributed by atoms with van der Waals surface area (Å²) < 4.78 is 25.5. The van der Waals surface area contributed by atoms with E-state index in [0.29, 0.717) is 18.7 Å². The van der Waals surface area contributed by atoms with Crippen LogP contribution in [0.4, 0.5) is 11.4 Å². The minimum Gasteiger partial charge on any atom is -0.312 e. The van der Waals surface area contributed by atoms with Crippen LogP contribution in [0.1, 0.15) is 25.8 Å². The van der Waals surface area contributed by atoms with Gasteiger partial charge in [0.25, 0.3) is 0 Å². The molecule has 2 rings (SSSR count). The number of nitrogens with one attached hydrogen (secondary N) is 1. The average molecular weight is 282 g/mol. The highest BCUT2D eigenvalue weighted by Crippen LogP contribution is 2.31. The molecule has 5 nitrogen and oxygen atoms in total. The number of sulfonamides is 1. The SMILES string of the molecule is CCCN1C(=O)Cc2cc(NS(=O)(=O)CC)ccc21. The predicted molar refractivity (Wildman–Crippen MR) is 75.9 cm³/mol. The Labute approximate surface area is 113 Å². The smallest absolute Gasteiger partial charge is 0.232 e. The van der Waals surface area contributed by atoms with E-state index in [1.165, 1.54) is 0 Å². The molecule has 6 heteroatoms. The molecule has 0 unspecified atom stereocenters. The Morgan fingerprint density at radius 2 is 2.05 bits per heavy atom. The molecule has 1 aromatic carbocycles. The van der Waals surface area contributed by atoms with E-state index in [0.717, 1.165) is 17.7 Å². The number of carbonyl (C=O) groups is 1. The summed E-state index contributed by atoms with van der Waals surface area (Å²) in [4.78, 5) is 13.6. The molecule has 1 amide bonds. The van der Waals surface area contributed by atoms with Crippen molar-refractivity contribution >= 4 is 27.3 Å². The molecule has 0 atom stereocenters. The maximum Gasteiger partial charge on any atom is 0.232 e. The van der Waals surface area contributed by atoms with Gasteiger partial charge in [0.15, 0.2) is 0 Å². The van der Waals surface area contributed by atoms with E-state index < -0.39 is 10.0 Å². The lowest BCUT2D eigenvalue weighted by molar-refractivity contribution is -0.117.